The lowest BCUT2D eigenvalue weighted by Crippen LogP contribution is -2.52. The van der Waals surface area contributed by atoms with Crippen LogP contribution in [-0.4, -0.2) is 65.9 Å². The Kier molecular flexibility index (Phi) is 5.09. The fraction of sp³-hybridized carbons (Fsp3) is 0.500. The molecule has 2 aliphatic rings. The molecule has 2 saturated heterocycles. The van der Waals surface area contributed by atoms with Crippen LogP contribution in [0, 0.1) is 0 Å². The highest BCUT2D eigenvalue weighted by molar-refractivity contribution is 6.30. The number of halogens is 1. The highest BCUT2D eigenvalue weighted by Gasteiger charge is 2.47. The van der Waals surface area contributed by atoms with Gasteiger partial charge in [0, 0.05) is 36.9 Å². The molecule has 0 saturated carbocycles. The van der Waals surface area contributed by atoms with Crippen molar-refractivity contribution < 1.29 is 14.4 Å². The van der Waals surface area contributed by atoms with E-state index in [-0.39, 0.29) is 18.4 Å². The van der Waals surface area contributed by atoms with Gasteiger partial charge in [-0.25, -0.2) is 4.79 Å². The minimum absolute atomic E-state index is 0.209. The van der Waals surface area contributed by atoms with Crippen LogP contribution in [0.15, 0.2) is 24.3 Å². The van der Waals surface area contributed by atoms with Crippen molar-refractivity contribution in [3.05, 3.63) is 29.3 Å². The van der Waals surface area contributed by atoms with Gasteiger partial charge in [-0.2, -0.15) is 0 Å². The Balaban J connectivity index is 1.57. The molecule has 0 bridgehead atoms. The van der Waals surface area contributed by atoms with E-state index in [0.29, 0.717) is 37.6 Å². The zero-order valence-electron chi connectivity index (χ0n) is 15.0. The number of hydrogen-bond acceptors (Lipinski definition) is 4. The number of urea groups is 1. The zero-order valence-corrected chi connectivity index (χ0v) is 15.8. The number of hydrogen-bond donors (Lipinski definition) is 1. The molecule has 0 aromatic heterocycles. The molecular weight excluding hydrogens is 356 g/mol. The average molecular weight is 379 g/mol. The van der Waals surface area contributed by atoms with Gasteiger partial charge < -0.3 is 15.1 Å². The van der Waals surface area contributed by atoms with Crippen LogP contribution in [0.1, 0.15) is 20.3 Å². The molecule has 1 aromatic carbocycles. The lowest BCUT2D eigenvalue weighted by molar-refractivity contribution is -0.139. The van der Waals surface area contributed by atoms with Crippen molar-refractivity contribution in [2.24, 2.45) is 0 Å². The lowest BCUT2D eigenvalue weighted by atomic mass is 9.99. The Bertz CT molecular complexity index is 733. The van der Waals surface area contributed by atoms with Crippen molar-refractivity contribution in [3.63, 3.8) is 0 Å². The number of nitrogens with zero attached hydrogens (tertiary/aromatic N) is 3. The molecule has 2 aliphatic heterocycles. The third-order valence-corrected chi connectivity index (χ3v) is 5.39. The predicted molar refractivity (Wildman–Crippen MR) is 99.2 cm³/mol. The zero-order chi connectivity index (χ0) is 18.9. The quantitative estimate of drug-likeness (QED) is 0.809. The first-order valence-corrected chi connectivity index (χ1v) is 9.14. The highest BCUT2D eigenvalue weighted by atomic mass is 35.5. The number of nitrogens with one attached hydrogen (secondary N) is 1. The Morgan fingerprint density at radius 2 is 1.92 bits per heavy atom. The Morgan fingerprint density at radius 3 is 2.50 bits per heavy atom. The molecule has 7 nitrogen and oxygen atoms in total. The van der Waals surface area contributed by atoms with Gasteiger partial charge in [-0.05, 0) is 31.5 Å². The standard InChI is InChI=1S/C18H23ClN4O3/c1-3-18(2)16(25)23(17(26)20-18)12-15(24)22-9-7-21(8-10-22)14-6-4-5-13(19)11-14/h4-6,11H,3,7-10,12H2,1-2H3,(H,20,26)/t18-/m1/s1. The summed E-state index contributed by atoms with van der Waals surface area (Å²) < 4.78 is 0. The second kappa shape index (κ2) is 7.15. The van der Waals surface area contributed by atoms with Gasteiger partial charge in [-0.1, -0.05) is 24.6 Å². The smallest absolute Gasteiger partial charge is 0.325 e. The van der Waals surface area contributed by atoms with Crippen LogP contribution in [0.4, 0.5) is 10.5 Å². The summed E-state index contributed by atoms with van der Waals surface area (Å²) in [7, 11) is 0. The topological polar surface area (TPSA) is 73.0 Å². The van der Waals surface area contributed by atoms with E-state index in [0.717, 1.165) is 10.6 Å². The Labute approximate surface area is 157 Å². The van der Waals surface area contributed by atoms with Crippen LogP contribution in [0.2, 0.25) is 5.02 Å². The molecule has 4 amide bonds. The molecule has 0 spiro atoms. The molecule has 0 radical (unpaired) electrons. The largest absolute Gasteiger partial charge is 0.368 e. The summed E-state index contributed by atoms with van der Waals surface area (Å²) in [4.78, 5) is 41.9. The SMILES string of the molecule is CC[C@@]1(C)NC(=O)N(CC(=O)N2CCN(c3cccc(Cl)c3)CC2)C1=O. The molecule has 0 aliphatic carbocycles. The first-order chi connectivity index (χ1) is 12.3. The van der Waals surface area contributed by atoms with E-state index >= 15 is 0 Å². The number of rotatable bonds is 4. The molecule has 3 rings (SSSR count). The van der Waals surface area contributed by atoms with Crippen LogP contribution in [0.5, 0.6) is 0 Å². The normalized spacial score (nSPS) is 23.4. The van der Waals surface area contributed by atoms with Gasteiger partial charge in [0.05, 0.1) is 0 Å². The summed E-state index contributed by atoms with van der Waals surface area (Å²) in [5.41, 5.74) is 0.111. The second-order valence-electron chi connectivity index (χ2n) is 6.85. The molecule has 1 atom stereocenters. The molecule has 8 heteroatoms. The van der Waals surface area contributed by atoms with E-state index in [2.05, 4.69) is 10.2 Å². The van der Waals surface area contributed by atoms with Crippen molar-refractivity contribution in [1.82, 2.24) is 15.1 Å². The summed E-state index contributed by atoms with van der Waals surface area (Å²) in [6.07, 6.45) is 0.487. The van der Waals surface area contributed by atoms with Crippen LogP contribution in [-0.2, 0) is 9.59 Å². The second-order valence-corrected chi connectivity index (χ2v) is 7.29. The molecule has 2 fully saturated rings. The fourth-order valence-corrected chi connectivity index (χ4v) is 3.44. The average Bonchev–Trinajstić information content (AvgIpc) is 2.85. The van der Waals surface area contributed by atoms with Gasteiger partial charge in [-0.15, -0.1) is 0 Å². The third kappa shape index (κ3) is 3.49. The highest BCUT2D eigenvalue weighted by Crippen LogP contribution is 2.22. The number of carbonyl (C=O) groups excluding carboxylic acids is 3. The van der Waals surface area contributed by atoms with Gasteiger partial charge in [0.15, 0.2) is 0 Å². The van der Waals surface area contributed by atoms with Gasteiger partial charge in [0.25, 0.3) is 5.91 Å². The van der Waals surface area contributed by atoms with Gasteiger partial charge in [-0.3, -0.25) is 14.5 Å². The van der Waals surface area contributed by atoms with E-state index in [9.17, 15) is 14.4 Å². The third-order valence-electron chi connectivity index (χ3n) is 5.15. The van der Waals surface area contributed by atoms with E-state index in [1.807, 2.05) is 31.2 Å². The summed E-state index contributed by atoms with van der Waals surface area (Å²) in [6.45, 7) is 5.75. The number of carbonyl (C=O) groups is 3. The predicted octanol–water partition coefficient (Wildman–Crippen LogP) is 1.71. The molecule has 1 aromatic rings. The molecule has 2 heterocycles. The number of amides is 4. The van der Waals surface area contributed by atoms with Crippen LogP contribution in [0.3, 0.4) is 0 Å². The van der Waals surface area contributed by atoms with E-state index in [1.54, 1.807) is 11.8 Å². The molecule has 1 N–H and O–H groups in total. The molecule has 26 heavy (non-hydrogen) atoms. The maximum atomic E-state index is 12.6. The summed E-state index contributed by atoms with van der Waals surface area (Å²) in [6, 6.07) is 7.12. The summed E-state index contributed by atoms with van der Waals surface area (Å²) in [5.74, 6) is -0.546. The van der Waals surface area contributed by atoms with Crippen molar-refractivity contribution >= 4 is 35.1 Å². The van der Waals surface area contributed by atoms with Gasteiger partial charge in [0.2, 0.25) is 5.91 Å². The summed E-state index contributed by atoms with van der Waals surface area (Å²) in [5, 5.41) is 3.35. The van der Waals surface area contributed by atoms with Crippen molar-refractivity contribution in [2.45, 2.75) is 25.8 Å². The molecule has 140 valence electrons. The van der Waals surface area contributed by atoms with E-state index in [4.69, 9.17) is 11.6 Å². The Hall–Kier alpha value is -2.28. The lowest BCUT2D eigenvalue weighted by Gasteiger charge is -2.36. The number of imide groups is 1. The van der Waals surface area contributed by atoms with Gasteiger partial charge >= 0.3 is 6.03 Å². The number of benzene rings is 1. The van der Waals surface area contributed by atoms with Crippen molar-refractivity contribution in [3.8, 4) is 0 Å². The van der Waals surface area contributed by atoms with Crippen LogP contribution < -0.4 is 10.2 Å². The monoisotopic (exact) mass is 378 g/mol. The molecular formula is C18H23ClN4O3. The first kappa shape index (κ1) is 18.5. The van der Waals surface area contributed by atoms with E-state index in [1.165, 1.54) is 0 Å². The van der Waals surface area contributed by atoms with Crippen molar-refractivity contribution in [1.29, 1.82) is 0 Å². The van der Waals surface area contributed by atoms with Crippen LogP contribution >= 0.6 is 11.6 Å². The maximum Gasteiger partial charge on any atom is 0.325 e. The maximum absolute atomic E-state index is 12.6. The minimum atomic E-state index is -0.914. The Morgan fingerprint density at radius 1 is 1.23 bits per heavy atom. The fourth-order valence-electron chi connectivity index (χ4n) is 3.25. The first-order valence-electron chi connectivity index (χ1n) is 8.76. The molecule has 0 unspecified atom stereocenters. The number of piperazine rings is 1. The minimum Gasteiger partial charge on any atom is -0.368 e. The number of anilines is 1. The van der Waals surface area contributed by atoms with Crippen molar-refractivity contribution in [2.75, 3.05) is 37.6 Å². The summed E-state index contributed by atoms with van der Waals surface area (Å²) >= 11 is 6.03. The van der Waals surface area contributed by atoms with Crippen LogP contribution in [0.25, 0.3) is 0 Å². The van der Waals surface area contributed by atoms with Gasteiger partial charge in [0.1, 0.15) is 12.1 Å². The van der Waals surface area contributed by atoms with E-state index < -0.39 is 11.6 Å².